The minimum atomic E-state index is -0.354. The van der Waals surface area contributed by atoms with Crippen LogP contribution in [-0.2, 0) is 4.79 Å². The van der Waals surface area contributed by atoms with Crippen molar-refractivity contribution in [3.05, 3.63) is 23.4 Å². The van der Waals surface area contributed by atoms with Gasteiger partial charge in [-0.1, -0.05) is 39.5 Å². The van der Waals surface area contributed by atoms with Crippen molar-refractivity contribution < 1.29 is 19.4 Å². The Labute approximate surface area is 185 Å². The van der Waals surface area contributed by atoms with Gasteiger partial charge in [0.05, 0.1) is 19.2 Å². The van der Waals surface area contributed by atoms with Crippen molar-refractivity contribution in [2.45, 2.75) is 59.6 Å². The van der Waals surface area contributed by atoms with Gasteiger partial charge in [-0.2, -0.15) is 0 Å². The number of rotatable bonds is 6. The highest BCUT2D eigenvalue weighted by Crippen LogP contribution is 2.27. The number of aromatic nitrogens is 1. The van der Waals surface area contributed by atoms with Crippen molar-refractivity contribution in [3.8, 4) is 17.7 Å². The Kier molecular flexibility index (Phi) is 8.88. The maximum absolute atomic E-state index is 13.3. The zero-order valence-electron chi connectivity index (χ0n) is 19.5. The van der Waals surface area contributed by atoms with Crippen LogP contribution in [0.25, 0.3) is 0 Å². The molecule has 0 fully saturated rings. The lowest BCUT2D eigenvalue weighted by atomic mass is 9.99. The highest BCUT2D eigenvalue weighted by atomic mass is 16.5. The van der Waals surface area contributed by atoms with Crippen LogP contribution in [0.4, 0.5) is 0 Å². The van der Waals surface area contributed by atoms with E-state index in [1.807, 2.05) is 20.8 Å². The standard InChI is InChI=1S/C24H35N3O4/c1-7-22(29)26(6)14-21-17(4)13-27(18(5)15-28)24(30)20-11-19(10-8-9-16(2)3)12-25-23(20)31-21/h11-12,16-18,21,28H,7,9,13-15H2,1-6H3/t17-,18+,21+/m1/s1. The molecule has 7 heteroatoms. The quantitative estimate of drug-likeness (QED) is 0.703. The number of likely N-dealkylation sites (N-methyl/N-ethyl adjacent to an activating group) is 1. The molecular weight excluding hydrogens is 394 g/mol. The number of pyridine rings is 1. The molecule has 1 aromatic rings. The molecule has 0 unspecified atom stereocenters. The third kappa shape index (κ3) is 6.44. The number of aliphatic hydroxyl groups excluding tert-OH is 1. The first kappa shape index (κ1) is 24.7. The molecule has 0 radical (unpaired) electrons. The van der Waals surface area contributed by atoms with Crippen molar-refractivity contribution in [2.24, 2.45) is 11.8 Å². The lowest BCUT2D eigenvalue weighted by molar-refractivity contribution is -0.131. The number of ether oxygens (including phenoxy) is 1. The first-order valence-corrected chi connectivity index (χ1v) is 11.0. The number of aliphatic hydroxyl groups is 1. The van der Waals surface area contributed by atoms with Gasteiger partial charge in [0, 0.05) is 44.1 Å². The SMILES string of the molecule is CCC(=O)N(C)C[C@@H]1Oc2ncc(C#CCC(C)C)cc2C(=O)N([C@@H](C)CO)C[C@H]1C. The number of carbonyl (C=O) groups excluding carboxylic acids is 2. The topological polar surface area (TPSA) is 83.0 Å². The summed E-state index contributed by atoms with van der Waals surface area (Å²) in [6, 6.07) is 1.36. The number of hydrogen-bond acceptors (Lipinski definition) is 5. The summed E-state index contributed by atoms with van der Waals surface area (Å²) in [5.74, 6) is 6.62. The molecule has 1 aliphatic rings. The molecule has 2 rings (SSSR count). The summed E-state index contributed by atoms with van der Waals surface area (Å²) in [4.78, 5) is 33.1. The van der Waals surface area contributed by atoms with Gasteiger partial charge in [0.2, 0.25) is 11.8 Å². The van der Waals surface area contributed by atoms with E-state index in [0.717, 1.165) is 6.42 Å². The van der Waals surface area contributed by atoms with E-state index in [2.05, 4.69) is 30.7 Å². The molecule has 0 aromatic carbocycles. The predicted molar refractivity (Wildman–Crippen MR) is 120 cm³/mol. The molecule has 1 aliphatic heterocycles. The molecule has 0 bridgehead atoms. The molecule has 7 nitrogen and oxygen atoms in total. The maximum atomic E-state index is 13.3. The van der Waals surface area contributed by atoms with Gasteiger partial charge in [0.15, 0.2) is 0 Å². The van der Waals surface area contributed by atoms with Crippen molar-refractivity contribution >= 4 is 11.8 Å². The summed E-state index contributed by atoms with van der Waals surface area (Å²) in [6.07, 6.45) is 2.44. The minimum Gasteiger partial charge on any atom is -0.472 e. The molecular formula is C24H35N3O4. The lowest BCUT2D eigenvalue weighted by Gasteiger charge is -2.37. The highest BCUT2D eigenvalue weighted by molar-refractivity contribution is 5.97. The van der Waals surface area contributed by atoms with Gasteiger partial charge in [-0.15, -0.1) is 0 Å². The average molecular weight is 430 g/mol. The second-order valence-electron chi connectivity index (χ2n) is 8.73. The summed E-state index contributed by atoms with van der Waals surface area (Å²) in [5, 5.41) is 9.72. The van der Waals surface area contributed by atoms with Crippen LogP contribution in [0.3, 0.4) is 0 Å². The van der Waals surface area contributed by atoms with Crippen LogP contribution >= 0.6 is 0 Å². The van der Waals surface area contributed by atoms with Gasteiger partial charge in [-0.3, -0.25) is 9.59 Å². The Morgan fingerprint density at radius 3 is 2.74 bits per heavy atom. The predicted octanol–water partition coefficient (Wildman–Crippen LogP) is 2.57. The minimum absolute atomic E-state index is 0.0264. The van der Waals surface area contributed by atoms with Crippen LogP contribution in [0.1, 0.15) is 63.4 Å². The molecule has 1 N–H and O–H groups in total. The molecule has 3 atom stereocenters. The van der Waals surface area contributed by atoms with Crippen LogP contribution in [-0.4, -0.2) is 70.6 Å². The van der Waals surface area contributed by atoms with Gasteiger partial charge in [-0.25, -0.2) is 4.98 Å². The molecule has 0 saturated carbocycles. The lowest BCUT2D eigenvalue weighted by Crippen LogP contribution is -2.50. The van der Waals surface area contributed by atoms with E-state index in [9.17, 15) is 14.7 Å². The fourth-order valence-corrected chi connectivity index (χ4v) is 3.39. The van der Waals surface area contributed by atoms with E-state index in [4.69, 9.17) is 4.74 Å². The maximum Gasteiger partial charge on any atom is 0.259 e. The Morgan fingerprint density at radius 1 is 1.42 bits per heavy atom. The fourth-order valence-electron chi connectivity index (χ4n) is 3.39. The first-order valence-electron chi connectivity index (χ1n) is 11.0. The number of amides is 2. The van der Waals surface area contributed by atoms with Crippen molar-refractivity contribution in [1.29, 1.82) is 0 Å². The van der Waals surface area contributed by atoms with Crippen LogP contribution in [0, 0.1) is 23.7 Å². The number of hydrogen-bond donors (Lipinski definition) is 1. The fraction of sp³-hybridized carbons (Fsp3) is 0.625. The van der Waals surface area contributed by atoms with E-state index < -0.39 is 0 Å². The van der Waals surface area contributed by atoms with Gasteiger partial charge < -0.3 is 19.6 Å². The summed E-state index contributed by atoms with van der Waals surface area (Å²) in [5.41, 5.74) is 0.981. The Morgan fingerprint density at radius 2 is 2.13 bits per heavy atom. The smallest absolute Gasteiger partial charge is 0.259 e. The van der Waals surface area contributed by atoms with Crippen LogP contribution in [0.15, 0.2) is 12.3 Å². The molecule has 0 aliphatic carbocycles. The summed E-state index contributed by atoms with van der Waals surface area (Å²) in [7, 11) is 1.75. The van der Waals surface area contributed by atoms with Gasteiger partial charge in [0.25, 0.3) is 5.91 Å². The Bertz CT molecular complexity index is 843. The van der Waals surface area contributed by atoms with Crippen molar-refractivity contribution in [3.63, 3.8) is 0 Å². The highest BCUT2D eigenvalue weighted by Gasteiger charge is 2.34. The first-order chi connectivity index (χ1) is 14.7. The number of nitrogens with zero attached hydrogens (tertiary/aromatic N) is 3. The van der Waals surface area contributed by atoms with Gasteiger partial charge >= 0.3 is 0 Å². The van der Waals surface area contributed by atoms with Gasteiger partial charge in [0.1, 0.15) is 11.7 Å². The molecule has 1 aromatic heterocycles. The second-order valence-corrected chi connectivity index (χ2v) is 8.73. The summed E-state index contributed by atoms with van der Waals surface area (Å²) >= 11 is 0. The third-order valence-corrected chi connectivity index (χ3v) is 5.45. The molecule has 0 saturated heterocycles. The largest absolute Gasteiger partial charge is 0.472 e. The van der Waals surface area contributed by atoms with Crippen molar-refractivity contribution in [2.75, 3.05) is 26.7 Å². The zero-order chi connectivity index (χ0) is 23.1. The van der Waals surface area contributed by atoms with E-state index in [-0.39, 0.29) is 42.4 Å². The van der Waals surface area contributed by atoms with E-state index in [1.54, 1.807) is 29.1 Å². The van der Waals surface area contributed by atoms with E-state index in [1.165, 1.54) is 0 Å². The average Bonchev–Trinajstić information content (AvgIpc) is 2.74. The Hall–Kier alpha value is -2.59. The van der Waals surface area contributed by atoms with Crippen LogP contribution < -0.4 is 4.74 Å². The molecule has 2 heterocycles. The third-order valence-electron chi connectivity index (χ3n) is 5.45. The zero-order valence-corrected chi connectivity index (χ0v) is 19.5. The van der Waals surface area contributed by atoms with Crippen LogP contribution in [0.2, 0.25) is 0 Å². The van der Waals surface area contributed by atoms with Crippen LogP contribution in [0.5, 0.6) is 5.88 Å². The molecule has 31 heavy (non-hydrogen) atoms. The summed E-state index contributed by atoms with van der Waals surface area (Å²) in [6.45, 7) is 10.5. The Balaban J connectivity index is 2.44. The second kappa shape index (κ2) is 11.1. The van der Waals surface area contributed by atoms with Crippen molar-refractivity contribution in [1.82, 2.24) is 14.8 Å². The molecule has 2 amide bonds. The number of fused-ring (bicyclic) bond motifs is 1. The normalized spacial score (nSPS) is 19.5. The monoisotopic (exact) mass is 429 g/mol. The molecule has 170 valence electrons. The van der Waals surface area contributed by atoms with Gasteiger partial charge in [-0.05, 0) is 18.9 Å². The van der Waals surface area contributed by atoms with E-state index in [0.29, 0.717) is 36.6 Å². The molecule has 0 spiro atoms. The number of carbonyl (C=O) groups is 2. The summed E-state index contributed by atoms with van der Waals surface area (Å²) < 4.78 is 6.18. The van der Waals surface area contributed by atoms with E-state index >= 15 is 0 Å².